The van der Waals surface area contributed by atoms with Crippen LogP contribution in [0, 0.1) is 0 Å². The minimum absolute atomic E-state index is 0.0295. The molecule has 1 heterocycles. The number of carbonyl (C=O) groups excluding carboxylic acids is 1. The molecule has 0 spiro atoms. The molecule has 0 saturated heterocycles. The molecule has 1 atom stereocenters. The second kappa shape index (κ2) is 7.23. The Bertz CT molecular complexity index is 521. The van der Waals surface area contributed by atoms with Crippen molar-refractivity contribution >= 4 is 37.0 Å². The molecule has 108 valence electrons. The van der Waals surface area contributed by atoms with E-state index in [-0.39, 0.29) is 16.2 Å². The lowest BCUT2D eigenvalue weighted by molar-refractivity contribution is 0.0892. The van der Waals surface area contributed by atoms with Crippen LogP contribution in [0.3, 0.4) is 0 Å². The summed E-state index contributed by atoms with van der Waals surface area (Å²) in [5.74, 6) is -0.321. The number of amides is 1. The molecular weight excluding hydrogens is 310 g/mol. The van der Waals surface area contributed by atoms with Crippen molar-refractivity contribution in [3.05, 3.63) is 17.0 Å². The third-order valence-corrected chi connectivity index (χ3v) is 5.46. The van der Waals surface area contributed by atoms with Gasteiger partial charge in [-0.25, -0.2) is 8.42 Å². The van der Waals surface area contributed by atoms with Gasteiger partial charge in [0.25, 0.3) is 15.0 Å². The third kappa shape index (κ3) is 5.10. The first-order valence-electron chi connectivity index (χ1n) is 5.71. The van der Waals surface area contributed by atoms with E-state index >= 15 is 0 Å². The summed E-state index contributed by atoms with van der Waals surface area (Å²) in [7, 11) is 3.00. The quantitative estimate of drug-likeness (QED) is 0.780. The highest BCUT2D eigenvalue weighted by Gasteiger charge is 2.18. The van der Waals surface area contributed by atoms with E-state index < -0.39 is 9.05 Å². The van der Waals surface area contributed by atoms with Crippen molar-refractivity contribution in [3.63, 3.8) is 0 Å². The molecule has 0 aliphatic carbocycles. The molecule has 0 bridgehead atoms. The third-order valence-electron chi connectivity index (χ3n) is 2.42. The van der Waals surface area contributed by atoms with Gasteiger partial charge in [0.05, 0.1) is 18.2 Å². The van der Waals surface area contributed by atoms with E-state index in [1.807, 2.05) is 6.92 Å². The lowest BCUT2D eigenvalue weighted by Crippen LogP contribution is -2.37. The van der Waals surface area contributed by atoms with E-state index in [4.69, 9.17) is 15.4 Å². The summed E-state index contributed by atoms with van der Waals surface area (Å²) in [5, 5.41) is 4.28. The summed E-state index contributed by atoms with van der Waals surface area (Å²) >= 11 is 0.927. The molecule has 1 amide bonds. The average molecular weight is 326 g/mol. The molecule has 0 aliphatic rings. The van der Waals surface area contributed by atoms with Crippen molar-refractivity contribution in [2.24, 2.45) is 0 Å². The fourth-order valence-corrected chi connectivity index (χ4v) is 3.53. The van der Waals surface area contributed by atoms with E-state index in [1.54, 1.807) is 7.11 Å². The van der Waals surface area contributed by atoms with Gasteiger partial charge in [0, 0.05) is 23.2 Å². The van der Waals surface area contributed by atoms with E-state index in [1.165, 1.54) is 11.4 Å². The zero-order valence-corrected chi connectivity index (χ0v) is 13.1. The minimum Gasteiger partial charge on any atom is -0.383 e. The molecule has 0 aliphatic heterocycles. The topological polar surface area (TPSA) is 72.5 Å². The Morgan fingerprint density at radius 2 is 2.26 bits per heavy atom. The van der Waals surface area contributed by atoms with Gasteiger partial charge >= 0.3 is 0 Å². The number of ether oxygens (including phenoxy) is 1. The molecule has 0 fully saturated rings. The van der Waals surface area contributed by atoms with Gasteiger partial charge in [-0.15, -0.1) is 11.3 Å². The summed E-state index contributed by atoms with van der Waals surface area (Å²) in [4.78, 5) is 11.9. The molecule has 1 rings (SSSR count). The first-order valence-corrected chi connectivity index (χ1v) is 8.90. The van der Waals surface area contributed by atoms with Gasteiger partial charge in [0.2, 0.25) is 0 Å². The number of methoxy groups -OCH3 is 1. The predicted molar refractivity (Wildman–Crippen MR) is 75.4 cm³/mol. The molecule has 1 aromatic rings. The summed E-state index contributed by atoms with van der Waals surface area (Å²) in [6.45, 7) is 2.43. The molecule has 1 aromatic heterocycles. The van der Waals surface area contributed by atoms with Gasteiger partial charge in [-0.2, -0.15) is 0 Å². The standard InChI is InChI=1S/C11H16ClNO4S2/c1-3-4-9(6-17-2)13-11(14)8-5-10(18-7-8)19(12,15)16/h5,7,9H,3-4,6H2,1-2H3,(H,13,14). The van der Waals surface area contributed by atoms with Crippen molar-refractivity contribution in [3.8, 4) is 0 Å². The Balaban J connectivity index is 2.74. The maximum atomic E-state index is 11.9. The Morgan fingerprint density at radius 1 is 1.58 bits per heavy atom. The van der Waals surface area contributed by atoms with Crippen molar-refractivity contribution in [1.29, 1.82) is 0 Å². The number of carbonyl (C=O) groups is 1. The van der Waals surface area contributed by atoms with Crippen molar-refractivity contribution in [2.45, 2.75) is 30.0 Å². The lowest BCUT2D eigenvalue weighted by atomic mass is 10.1. The number of thiophene rings is 1. The van der Waals surface area contributed by atoms with Crippen LogP contribution in [0.1, 0.15) is 30.1 Å². The molecule has 8 heteroatoms. The normalized spacial score (nSPS) is 13.2. The molecule has 19 heavy (non-hydrogen) atoms. The fourth-order valence-electron chi connectivity index (χ4n) is 1.58. The van der Waals surface area contributed by atoms with E-state index in [0.717, 1.165) is 24.2 Å². The van der Waals surface area contributed by atoms with Crippen LogP contribution >= 0.6 is 22.0 Å². The van der Waals surface area contributed by atoms with E-state index in [0.29, 0.717) is 12.2 Å². The van der Waals surface area contributed by atoms with Gasteiger partial charge in [-0.3, -0.25) is 4.79 Å². The second-order valence-corrected chi connectivity index (χ2v) is 7.71. The van der Waals surface area contributed by atoms with Gasteiger partial charge in [0.15, 0.2) is 0 Å². The van der Waals surface area contributed by atoms with Crippen LogP contribution in [-0.2, 0) is 13.8 Å². The van der Waals surface area contributed by atoms with Crippen molar-refractivity contribution in [1.82, 2.24) is 5.32 Å². The highest BCUT2D eigenvalue weighted by atomic mass is 35.7. The van der Waals surface area contributed by atoms with Crippen LogP contribution in [0.2, 0.25) is 0 Å². The lowest BCUT2D eigenvalue weighted by Gasteiger charge is -2.16. The zero-order valence-electron chi connectivity index (χ0n) is 10.7. The number of hydrogen-bond acceptors (Lipinski definition) is 5. The monoisotopic (exact) mass is 325 g/mol. The first kappa shape index (κ1) is 16.4. The largest absolute Gasteiger partial charge is 0.383 e. The summed E-state index contributed by atoms with van der Waals surface area (Å²) in [6, 6.07) is 1.19. The highest BCUT2D eigenvalue weighted by molar-refractivity contribution is 8.15. The van der Waals surface area contributed by atoms with Gasteiger partial charge < -0.3 is 10.1 Å². The maximum Gasteiger partial charge on any atom is 0.270 e. The molecule has 0 aromatic carbocycles. The Morgan fingerprint density at radius 3 is 2.74 bits per heavy atom. The van der Waals surface area contributed by atoms with E-state index in [2.05, 4.69) is 5.32 Å². The molecule has 5 nitrogen and oxygen atoms in total. The average Bonchev–Trinajstić information content (AvgIpc) is 2.78. The SMILES string of the molecule is CCCC(COC)NC(=O)c1csc(S(=O)(=O)Cl)c1. The molecule has 0 saturated carbocycles. The zero-order chi connectivity index (χ0) is 14.5. The minimum atomic E-state index is -3.78. The second-order valence-electron chi connectivity index (χ2n) is 4.01. The van der Waals surface area contributed by atoms with Crippen molar-refractivity contribution < 1.29 is 17.9 Å². The Hall–Kier alpha value is -0.630. The summed E-state index contributed by atoms with van der Waals surface area (Å²) < 4.78 is 27.2. The number of hydrogen-bond donors (Lipinski definition) is 1. The number of halogens is 1. The smallest absolute Gasteiger partial charge is 0.270 e. The summed E-state index contributed by atoms with van der Waals surface area (Å²) in [5.41, 5.74) is 0.293. The fraction of sp³-hybridized carbons (Fsp3) is 0.545. The van der Waals surface area contributed by atoms with Crippen LogP contribution in [-0.4, -0.2) is 34.1 Å². The predicted octanol–water partition coefficient (Wildman–Crippen LogP) is 2.22. The van der Waals surface area contributed by atoms with Crippen LogP contribution in [0.25, 0.3) is 0 Å². The van der Waals surface area contributed by atoms with Crippen molar-refractivity contribution in [2.75, 3.05) is 13.7 Å². The molecule has 1 N–H and O–H groups in total. The Kier molecular flexibility index (Phi) is 6.25. The Labute approximate surface area is 121 Å². The summed E-state index contributed by atoms with van der Waals surface area (Å²) in [6.07, 6.45) is 1.71. The van der Waals surface area contributed by atoms with E-state index in [9.17, 15) is 13.2 Å². The molecular formula is C11H16ClNO4S2. The maximum absolute atomic E-state index is 11.9. The van der Waals surface area contributed by atoms with Crippen LogP contribution < -0.4 is 5.32 Å². The highest BCUT2D eigenvalue weighted by Crippen LogP contribution is 2.23. The van der Waals surface area contributed by atoms with Crippen LogP contribution in [0.4, 0.5) is 0 Å². The number of nitrogens with one attached hydrogen (secondary N) is 1. The first-order chi connectivity index (χ1) is 8.88. The van der Waals surface area contributed by atoms with Gasteiger partial charge in [-0.1, -0.05) is 13.3 Å². The molecule has 0 radical (unpaired) electrons. The van der Waals surface area contributed by atoms with Gasteiger partial charge in [-0.05, 0) is 12.5 Å². The number of rotatable bonds is 7. The van der Waals surface area contributed by atoms with Crippen LogP contribution in [0.5, 0.6) is 0 Å². The molecule has 1 unspecified atom stereocenters. The van der Waals surface area contributed by atoms with Crippen LogP contribution in [0.15, 0.2) is 15.7 Å². The van der Waals surface area contributed by atoms with Gasteiger partial charge in [0.1, 0.15) is 4.21 Å².